The molecule has 0 saturated heterocycles. The van der Waals surface area contributed by atoms with Crippen LogP contribution in [0.2, 0.25) is 0 Å². The van der Waals surface area contributed by atoms with E-state index in [1.54, 1.807) is 54.6 Å². The predicted molar refractivity (Wildman–Crippen MR) is 100 cm³/mol. The molecular formula is C22H16N2O3. The van der Waals surface area contributed by atoms with Gasteiger partial charge in [-0.2, -0.15) is 5.11 Å². The van der Waals surface area contributed by atoms with Crippen LogP contribution >= 0.6 is 0 Å². The number of carbonyl (C=O) groups is 3. The molecule has 0 atom stereocenters. The summed E-state index contributed by atoms with van der Waals surface area (Å²) < 4.78 is 0. The number of carbonyl (C=O) groups excluding carboxylic acids is 3. The van der Waals surface area contributed by atoms with Crippen LogP contribution in [0, 0.1) is 5.53 Å². The Morgan fingerprint density at radius 2 is 0.815 bits per heavy atom. The maximum Gasteiger partial charge on any atom is 0.268 e. The van der Waals surface area contributed by atoms with Crippen molar-refractivity contribution in [3.05, 3.63) is 108 Å². The molecule has 3 aromatic rings. The predicted octanol–water partition coefficient (Wildman–Crippen LogP) is 4.40. The summed E-state index contributed by atoms with van der Waals surface area (Å²) in [5.41, 5.74) is 5.64. The van der Waals surface area contributed by atoms with Crippen molar-refractivity contribution in [2.24, 2.45) is 5.11 Å². The largest absolute Gasteiger partial charge is 0.290 e. The van der Waals surface area contributed by atoms with Gasteiger partial charge in [-0.05, 0) is 0 Å². The van der Waals surface area contributed by atoms with Gasteiger partial charge in [0.2, 0.25) is 17.3 Å². The lowest BCUT2D eigenvalue weighted by Gasteiger charge is -2.24. The fraction of sp³-hybridized carbons (Fsp3) is 0.0455. The third-order valence-corrected chi connectivity index (χ3v) is 4.26. The highest BCUT2D eigenvalue weighted by atomic mass is 16.2. The van der Waals surface area contributed by atoms with Crippen LogP contribution in [0.25, 0.3) is 0 Å². The Kier molecular flexibility index (Phi) is 5.13. The first kappa shape index (κ1) is 18.1. The topological polar surface area (TPSA) is 87.4 Å². The summed E-state index contributed by atoms with van der Waals surface area (Å²) in [5.74, 6) is -2.46. The monoisotopic (exact) mass is 356 g/mol. The molecule has 0 aliphatic heterocycles. The fourth-order valence-electron chi connectivity index (χ4n) is 2.86. The Labute approximate surface area is 156 Å². The third kappa shape index (κ3) is 3.22. The molecule has 0 saturated carbocycles. The van der Waals surface area contributed by atoms with Gasteiger partial charge in [-0.1, -0.05) is 91.0 Å². The number of benzene rings is 3. The number of hydrogen-bond donors (Lipinski definition) is 1. The smallest absolute Gasteiger partial charge is 0.268 e. The molecule has 3 aromatic carbocycles. The van der Waals surface area contributed by atoms with Gasteiger partial charge < -0.3 is 0 Å². The van der Waals surface area contributed by atoms with Crippen LogP contribution in [-0.2, 0) is 0 Å². The molecule has 3 rings (SSSR count). The van der Waals surface area contributed by atoms with E-state index >= 15 is 0 Å². The summed E-state index contributed by atoms with van der Waals surface area (Å²) >= 11 is 0. The average molecular weight is 356 g/mol. The lowest BCUT2D eigenvalue weighted by molar-refractivity contribution is 0.0685. The van der Waals surface area contributed by atoms with Crippen molar-refractivity contribution >= 4 is 17.3 Å². The quantitative estimate of drug-likeness (QED) is 0.386. The average Bonchev–Trinajstić information content (AvgIpc) is 2.76. The van der Waals surface area contributed by atoms with Crippen LogP contribution in [0.4, 0.5) is 0 Å². The molecular weight excluding hydrogens is 340 g/mol. The molecule has 0 fully saturated rings. The summed E-state index contributed by atoms with van der Waals surface area (Å²) in [5, 5.41) is 3.35. The SMILES string of the molecule is N=NC(C(=O)c1ccccc1)(C(=O)c1ccccc1)C(=O)c1ccccc1. The van der Waals surface area contributed by atoms with E-state index in [0.717, 1.165) is 0 Å². The maximum atomic E-state index is 13.3. The second kappa shape index (κ2) is 7.66. The van der Waals surface area contributed by atoms with E-state index in [1.165, 1.54) is 36.4 Å². The van der Waals surface area contributed by atoms with Crippen molar-refractivity contribution < 1.29 is 14.4 Å². The van der Waals surface area contributed by atoms with Gasteiger partial charge in [0.1, 0.15) is 0 Å². The first-order chi connectivity index (χ1) is 13.1. The third-order valence-electron chi connectivity index (χ3n) is 4.26. The van der Waals surface area contributed by atoms with Gasteiger partial charge in [0.25, 0.3) is 5.54 Å². The molecule has 27 heavy (non-hydrogen) atoms. The normalized spacial score (nSPS) is 10.8. The first-order valence-electron chi connectivity index (χ1n) is 8.29. The molecule has 0 unspecified atom stereocenters. The van der Waals surface area contributed by atoms with Crippen LogP contribution < -0.4 is 0 Å². The molecule has 0 radical (unpaired) electrons. The van der Waals surface area contributed by atoms with E-state index in [0.29, 0.717) is 0 Å². The maximum absolute atomic E-state index is 13.3. The van der Waals surface area contributed by atoms with E-state index < -0.39 is 22.9 Å². The summed E-state index contributed by atoms with van der Waals surface area (Å²) in [7, 11) is 0. The van der Waals surface area contributed by atoms with Crippen LogP contribution in [0.15, 0.2) is 96.1 Å². The zero-order valence-corrected chi connectivity index (χ0v) is 14.3. The van der Waals surface area contributed by atoms with E-state index in [1.807, 2.05) is 0 Å². The highest BCUT2D eigenvalue weighted by Crippen LogP contribution is 2.28. The lowest BCUT2D eigenvalue weighted by Crippen LogP contribution is -2.51. The summed E-state index contributed by atoms with van der Waals surface area (Å²) in [6.45, 7) is 0. The standard InChI is InChI=1S/C22H16N2O3/c23-24-22(19(25)16-10-4-1-5-11-16,20(26)17-12-6-2-7-13-17)21(27)18-14-8-3-9-15-18/h1-15,23H. The summed E-state index contributed by atoms with van der Waals surface area (Å²) in [6.07, 6.45) is 0. The lowest BCUT2D eigenvalue weighted by atomic mass is 9.77. The number of Topliss-reactive ketones (excluding diaryl/α,β-unsaturated/α-hetero) is 3. The van der Waals surface area contributed by atoms with Crippen molar-refractivity contribution in [3.63, 3.8) is 0 Å². The number of nitrogens with one attached hydrogen (secondary N) is 1. The van der Waals surface area contributed by atoms with Crippen LogP contribution in [0.1, 0.15) is 31.1 Å². The Balaban J connectivity index is 2.21. The number of ketones is 3. The van der Waals surface area contributed by atoms with Gasteiger partial charge in [0, 0.05) is 16.7 Å². The van der Waals surface area contributed by atoms with Crippen molar-refractivity contribution in [3.8, 4) is 0 Å². The van der Waals surface area contributed by atoms with Gasteiger partial charge in [0.15, 0.2) is 0 Å². The van der Waals surface area contributed by atoms with Crippen LogP contribution in [0.5, 0.6) is 0 Å². The number of hydrogen-bond acceptors (Lipinski definition) is 5. The molecule has 1 N–H and O–H groups in total. The van der Waals surface area contributed by atoms with E-state index in [-0.39, 0.29) is 16.7 Å². The molecule has 132 valence electrons. The second-order valence-electron chi connectivity index (χ2n) is 5.91. The number of rotatable bonds is 7. The van der Waals surface area contributed by atoms with E-state index in [2.05, 4.69) is 5.11 Å². The second-order valence-corrected chi connectivity index (χ2v) is 5.91. The molecule has 5 nitrogen and oxygen atoms in total. The van der Waals surface area contributed by atoms with Crippen molar-refractivity contribution in [2.75, 3.05) is 0 Å². The minimum Gasteiger partial charge on any atom is -0.290 e. The molecule has 0 heterocycles. The summed E-state index contributed by atoms with van der Waals surface area (Å²) in [6, 6.07) is 23.9. The fourth-order valence-corrected chi connectivity index (χ4v) is 2.86. The van der Waals surface area contributed by atoms with Crippen LogP contribution in [0.3, 0.4) is 0 Å². The van der Waals surface area contributed by atoms with Gasteiger partial charge in [0.05, 0.1) is 0 Å². The van der Waals surface area contributed by atoms with Crippen LogP contribution in [-0.4, -0.2) is 22.9 Å². The molecule has 0 aromatic heterocycles. The molecule has 0 bridgehead atoms. The molecule has 0 aliphatic rings. The highest BCUT2D eigenvalue weighted by molar-refractivity contribution is 6.40. The molecule has 5 heteroatoms. The highest BCUT2D eigenvalue weighted by Gasteiger charge is 2.53. The zero-order valence-electron chi connectivity index (χ0n) is 14.3. The zero-order chi connectivity index (χ0) is 19.3. The summed E-state index contributed by atoms with van der Waals surface area (Å²) in [4.78, 5) is 39.8. The van der Waals surface area contributed by atoms with E-state index in [9.17, 15) is 14.4 Å². The van der Waals surface area contributed by atoms with Gasteiger partial charge in [-0.25, -0.2) is 5.53 Å². The Hall–Kier alpha value is -3.73. The molecule has 0 amide bonds. The Morgan fingerprint density at radius 3 is 1.04 bits per heavy atom. The minimum absolute atomic E-state index is 0.141. The first-order valence-corrected chi connectivity index (χ1v) is 8.29. The molecule has 0 aliphatic carbocycles. The number of nitrogens with zero attached hydrogens (tertiary/aromatic N) is 1. The minimum atomic E-state index is -2.50. The Bertz CT molecular complexity index is 859. The van der Waals surface area contributed by atoms with Crippen molar-refractivity contribution in [1.82, 2.24) is 0 Å². The van der Waals surface area contributed by atoms with E-state index in [4.69, 9.17) is 5.53 Å². The van der Waals surface area contributed by atoms with Crippen molar-refractivity contribution in [1.29, 1.82) is 5.53 Å². The Morgan fingerprint density at radius 1 is 0.556 bits per heavy atom. The van der Waals surface area contributed by atoms with Gasteiger partial charge >= 0.3 is 0 Å². The molecule has 0 spiro atoms. The van der Waals surface area contributed by atoms with Gasteiger partial charge in [-0.15, -0.1) is 0 Å². The van der Waals surface area contributed by atoms with Gasteiger partial charge in [-0.3, -0.25) is 14.4 Å². The van der Waals surface area contributed by atoms with Crippen molar-refractivity contribution in [2.45, 2.75) is 5.54 Å².